The minimum atomic E-state index is -0.121. The SMILES string of the molecule is O=C(COCc1nc2ccccc2s1)NCCc1cccc2cccnc12. The summed E-state index contributed by atoms with van der Waals surface area (Å²) in [4.78, 5) is 20.9. The van der Waals surface area contributed by atoms with E-state index in [0.29, 0.717) is 13.2 Å². The average molecular weight is 377 g/mol. The standard InChI is InChI=1S/C21H19N3O2S/c25-19(13-26-14-20-24-17-8-1-2-9-18(17)27-20)22-12-10-16-6-3-5-15-7-4-11-23-21(15)16/h1-9,11H,10,12-14H2,(H,22,25). The van der Waals surface area contributed by atoms with E-state index in [1.165, 1.54) is 0 Å². The molecule has 0 saturated carbocycles. The fraction of sp³-hybridized carbons (Fsp3) is 0.190. The number of ether oxygens (including phenoxy) is 1. The van der Waals surface area contributed by atoms with Crippen molar-refractivity contribution in [3.63, 3.8) is 0 Å². The molecule has 0 atom stereocenters. The van der Waals surface area contributed by atoms with Crippen molar-refractivity contribution in [2.24, 2.45) is 0 Å². The number of aromatic nitrogens is 2. The normalized spacial score (nSPS) is 11.1. The first-order chi connectivity index (χ1) is 13.3. The lowest BCUT2D eigenvalue weighted by Gasteiger charge is -2.07. The summed E-state index contributed by atoms with van der Waals surface area (Å²) in [5, 5.41) is 4.89. The van der Waals surface area contributed by atoms with E-state index >= 15 is 0 Å². The van der Waals surface area contributed by atoms with Crippen LogP contribution < -0.4 is 5.32 Å². The van der Waals surface area contributed by atoms with Gasteiger partial charge in [-0.25, -0.2) is 4.98 Å². The van der Waals surface area contributed by atoms with Gasteiger partial charge in [0.2, 0.25) is 5.91 Å². The first-order valence-corrected chi connectivity index (χ1v) is 9.63. The summed E-state index contributed by atoms with van der Waals surface area (Å²) in [6, 6.07) is 18.0. The second kappa shape index (κ2) is 8.24. The van der Waals surface area contributed by atoms with Crippen LogP contribution >= 0.6 is 11.3 Å². The average Bonchev–Trinajstić information content (AvgIpc) is 3.11. The zero-order valence-corrected chi connectivity index (χ0v) is 15.5. The van der Waals surface area contributed by atoms with Crippen molar-refractivity contribution in [2.45, 2.75) is 13.0 Å². The zero-order chi connectivity index (χ0) is 18.5. The number of hydrogen-bond acceptors (Lipinski definition) is 5. The molecule has 0 aliphatic heterocycles. The number of carbonyl (C=O) groups is 1. The summed E-state index contributed by atoms with van der Waals surface area (Å²) < 4.78 is 6.64. The highest BCUT2D eigenvalue weighted by Crippen LogP contribution is 2.21. The highest BCUT2D eigenvalue weighted by molar-refractivity contribution is 7.18. The molecule has 4 aromatic rings. The van der Waals surface area contributed by atoms with Crippen molar-refractivity contribution in [3.05, 3.63) is 71.4 Å². The maximum absolute atomic E-state index is 12.0. The fourth-order valence-electron chi connectivity index (χ4n) is 2.97. The van der Waals surface area contributed by atoms with Crippen molar-refractivity contribution in [1.29, 1.82) is 0 Å². The molecule has 0 radical (unpaired) electrons. The van der Waals surface area contributed by atoms with Crippen LogP contribution in [0.1, 0.15) is 10.6 Å². The molecule has 0 bridgehead atoms. The number of nitrogens with zero attached hydrogens (tertiary/aromatic N) is 2. The molecule has 0 aliphatic carbocycles. The Balaban J connectivity index is 1.24. The molecule has 0 aliphatic rings. The van der Waals surface area contributed by atoms with Crippen LogP contribution in [0.25, 0.3) is 21.1 Å². The van der Waals surface area contributed by atoms with Gasteiger partial charge in [0.15, 0.2) is 0 Å². The Labute approximate surface area is 161 Å². The number of para-hydroxylation sites is 2. The van der Waals surface area contributed by atoms with Gasteiger partial charge >= 0.3 is 0 Å². The minimum Gasteiger partial charge on any atom is -0.364 e. The molecule has 2 heterocycles. The maximum atomic E-state index is 12.0. The third kappa shape index (κ3) is 4.30. The Hall–Kier alpha value is -2.83. The molecular formula is C21H19N3O2S. The Morgan fingerprint density at radius 1 is 1.07 bits per heavy atom. The van der Waals surface area contributed by atoms with E-state index < -0.39 is 0 Å². The van der Waals surface area contributed by atoms with Crippen molar-refractivity contribution in [1.82, 2.24) is 15.3 Å². The predicted molar refractivity (Wildman–Crippen MR) is 108 cm³/mol. The predicted octanol–water partition coefficient (Wildman–Crippen LogP) is 3.72. The maximum Gasteiger partial charge on any atom is 0.246 e. The lowest BCUT2D eigenvalue weighted by Crippen LogP contribution is -2.29. The van der Waals surface area contributed by atoms with Crippen LogP contribution in [0.4, 0.5) is 0 Å². The Morgan fingerprint density at radius 3 is 2.89 bits per heavy atom. The van der Waals surface area contributed by atoms with Crippen LogP contribution in [0.3, 0.4) is 0 Å². The van der Waals surface area contributed by atoms with E-state index in [4.69, 9.17) is 4.74 Å². The lowest BCUT2D eigenvalue weighted by atomic mass is 10.1. The molecule has 27 heavy (non-hydrogen) atoms. The smallest absolute Gasteiger partial charge is 0.246 e. The summed E-state index contributed by atoms with van der Waals surface area (Å²) >= 11 is 1.59. The molecule has 1 N–H and O–H groups in total. The largest absolute Gasteiger partial charge is 0.364 e. The highest BCUT2D eigenvalue weighted by Gasteiger charge is 2.07. The van der Waals surface area contributed by atoms with Crippen LogP contribution in [-0.4, -0.2) is 29.0 Å². The molecule has 0 fully saturated rings. The molecule has 2 aromatic heterocycles. The summed E-state index contributed by atoms with van der Waals surface area (Å²) in [7, 11) is 0. The molecule has 4 rings (SSSR count). The van der Waals surface area contributed by atoms with Crippen molar-refractivity contribution < 1.29 is 9.53 Å². The van der Waals surface area contributed by atoms with Crippen molar-refractivity contribution in [2.75, 3.05) is 13.2 Å². The van der Waals surface area contributed by atoms with Gasteiger partial charge in [0, 0.05) is 18.1 Å². The van der Waals surface area contributed by atoms with Crippen LogP contribution in [-0.2, 0) is 22.6 Å². The summed E-state index contributed by atoms with van der Waals surface area (Å²) in [6.07, 6.45) is 2.53. The molecule has 2 aromatic carbocycles. The molecule has 5 nitrogen and oxygen atoms in total. The molecule has 0 unspecified atom stereocenters. The van der Waals surface area contributed by atoms with Crippen LogP contribution in [0.15, 0.2) is 60.8 Å². The van der Waals surface area contributed by atoms with E-state index in [1.807, 2.05) is 54.6 Å². The molecule has 136 valence electrons. The minimum absolute atomic E-state index is 0.0315. The third-order valence-corrected chi connectivity index (χ3v) is 5.24. The van der Waals surface area contributed by atoms with E-state index in [1.54, 1.807) is 17.5 Å². The van der Waals surface area contributed by atoms with Gasteiger partial charge in [-0.15, -0.1) is 11.3 Å². The van der Waals surface area contributed by atoms with Gasteiger partial charge in [0.05, 0.1) is 22.3 Å². The molecule has 0 spiro atoms. The van der Waals surface area contributed by atoms with Crippen molar-refractivity contribution >= 4 is 38.4 Å². The first kappa shape index (κ1) is 17.6. The number of hydrogen-bond donors (Lipinski definition) is 1. The Bertz CT molecular complexity index is 1040. The Kier molecular flexibility index (Phi) is 5.37. The second-order valence-corrected chi connectivity index (χ2v) is 7.28. The van der Waals surface area contributed by atoms with Gasteiger partial charge in [0.25, 0.3) is 0 Å². The van der Waals surface area contributed by atoms with Gasteiger partial charge in [-0.1, -0.05) is 36.4 Å². The van der Waals surface area contributed by atoms with Gasteiger partial charge in [-0.05, 0) is 30.2 Å². The number of thiazole rings is 1. The highest BCUT2D eigenvalue weighted by atomic mass is 32.1. The molecule has 6 heteroatoms. The summed E-state index contributed by atoms with van der Waals surface area (Å²) in [5.41, 5.74) is 3.08. The number of fused-ring (bicyclic) bond motifs is 2. The van der Waals surface area contributed by atoms with E-state index in [9.17, 15) is 4.79 Å². The topological polar surface area (TPSA) is 64.1 Å². The monoisotopic (exact) mass is 377 g/mol. The molecular weight excluding hydrogens is 358 g/mol. The number of benzene rings is 2. The number of nitrogens with one attached hydrogen (secondary N) is 1. The van der Waals surface area contributed by atoms with Crippen LogP contribution in [0.2, 0.25) is 0 Å². The van der Waals surface area contributed by atoms with Crippen molar-refractivity contribution in [3.8, 4) is 0 Å². The van der Waals surface area contributed by atoms with E-state index in [0.717, 1.165) is 38.1 Å². The van der Waals surface area contributed by atoms with Gasteiger partial charge in [-0.2, -0.15) is 0 Å². The summed E-state index contributed by atoms with van der Waals surface area (Å²) in [6.45, 7) is 0.933. The van der Waals surface area contributed by atoms with Crippen LogP contribution in [0.5, 0.6) is 0 Å². The van der Waals surface area contributed by atoms with E-state index in [2.05, 4.69) is 15.3 Å². The second-order valence-electron chi connectivity index (χ2n) is 6.16. The quantitative estimate of drug-likeness (QED) is 0.533. The number of pyridine rings is 1. The number of amides is 1. The van der Waals surface area contributed by atoms with Gasteiger partial charge in [0.1, 0.15) is 11.6 Å². The number of carbonyl (C=O) groups excluding carboxylic acids is 1. The van der Waals surface area contributed by atoms with Gasteiger partial charge in [-0.3, -0.25) is 9.78 Å². The fourth-order valence-corrected chi connectivity index (χ4v) is 3.87. The van der Waals surface area contributed by atoms with Crippen LogP contribution in [0, 0.1) is 0 Å². The lowest BCUT2D eigenvalue weighted by molar-refractivity contribution is -0.126. The Morgan fingerprint density at radius 2 is 1.96 bits per heavy atom. The first-order valence-electron chi connectivity index (χ1n) is 8.81. The third-order valence-electron chi connectivity index (χ3n) is 4.23. The summed E-state index contributed by atoms with van der Waals surface area (Å²) in [5.74, 6) is -0.121. The number of rotatable bonds is 7. The molecule has 0 saturated heterocycles. The van der Waals surface area contributed by atoms with E-state index in [-0.39, 0.29) is 12.5 Å². The van der Waals surface area contributed by atoms with Gasteiger partial charge < -0.3 is 10.1 Å². The molecule has 1 amide bonds. The zero-order valence-electron chi connectivity index (χ0n) is 14.7.